The summed E-state index contributed by atoms with van der Waals surface area (Å²) in [5, 5.41) is 0. The van der Waals surface area contributed by atoms with E-state index in [0.717, 1.165) is 17.9 Å². The highest BCUT2D eigenvalue weighted by molar-refractivity contribution is 4.77. The Morgan fingerprint density at radius 2 is 1.75 bits per heavy atom. The third-order valence-corrected chi connectivity index (χ3v) is 4.31. The molecular formula is C15H31N. The van der Waals surface area contributed by atoms with Crippen molar-refractivity contribution in [1.29, 1.82) is 0 Å². The molecule has 0 atom stereocenters. The maximum Gasteiger partial charge on any atom is 0.00924 e. The molecule has 1 saturated carbocycles. The molecular weight excluding hydrogens is 194 g/mol. The quantitative estimate of drug-likeness (QED) is 0.650. The van der Waals surface area contributed by atoms with Crippen LogP contribution in [0.1, 0.15) is 65.7 Å². The van der Waals surface area contributed by atoms with Gasteiger partial charge in [-0.25, -0.2) is 0 Å². The van der Waals surface area contributed by atoms with Crippen molar-refractivity contribution in [2.45, 2.75) is 71.8 Å². The van der Waals surface area contributed by atoms with Gasteiger partial charge in [-0.15, -0.1) is 0 Å². The van der Waals surface area contributed by atoms with Gasteiger partial charge >= 0.3 is 0 Å². The molecule has 0 aromatic heterocycles. The lowest BCUT2D eigenvalue weighted by Gasteiger charge is -2.34. The van der Waals surface area contributed by atoms with Crippen LogP contribution in [-0.4, -0.2) is 24.5 Å². The molecule has 0 bridgehead atoms. The zero-order valence-electron chi connectivity index (χ0n) is 11.8. The molecule has 0 heterocycles. The minimum atomic E-state index is 0.865. The van der Waals surface area contributed by atoms with Gasteiger partial charge in [0, 0.05) is 6.04 Å². The van der Waals surface area contributed by atoms with Crippen molar-refractivity contribution < 1.29 is 0 Å². The maximum absolute atomic E-state index is 2.62. The van der Waals surface area contributed by atoms with Crippen LogP contribution >= 0.6 is 0 Å². The summed E-state index contributed by atoms with van der Waals surface area (Å²) in [7, 11) is 2.33. The summed E-state index contributed by atoms with van der Waals surface area (Å²) in [5.74, 6) is 1.89. The van der Waals surface area contributed by atoms with E-state index in [1.807, 2.05) is 0 Å². The van der Waals surface area contributed by atoms with Crippen LogP contribution in [-0.2, 0) is 0 Å². The van der Waals surface area contributed by atoms with Gasteiger partial charge in [-0.05, 0) is 64.0 Å². The minimum absolute atomic E-state index is 0.865. The van der Waals surface area contributed by atoms with Crippen molar-refractivity contribution in [3.63, 3.8) is 0 Å². The van der Waals surface area contributed by atoms with Gasteiger partial charge in [0.1, 0.15) is 0 Å². The van der Waals surface area contributed by atoms with E-state index in [1.165, 1.54) is 51.5 Å². The molecule has 1 rings (SSSR count). The normalized spacial score (nSPS) is 26.6. The van der Waals surface area contributed by atoms with Crippen LogP contribution in [0, 0.1) is 11.8 Å². The van der Waals surface area contributed by atoms with Crippen molar-refractivity contribution in [1.82, 2.24) is 4.90 Å². The van der Waals surface area contributed by atoms with Crippen LogP contribution in [0.15, 0.2) is 0 Å². The van der Waals surface area contributed by atoms with Gasteiger partial charge < -0.3 is 4.90 Å². The van der Waals surface area contributed by atoms with E-state index in [4.69, 9.17) is 0 Å². The Morgan fingerprint density at radius 3 is 2.25 bits per heavy atom. The van der Waals surface area contributed by atoms with Crippen molar-refractivity contribution in [3.05, 3.63) is 0 Å². The van der Waals surface area contributed by atoms with Gasteiger partial charge in [0.25, 0.3) is 0 Å². The molecule has 0 saturated heterocycles. The summed E-state index contributed by atoms with van der Waals surface area (Å²) >= 11 is 0. The van der Waals surface area contributed by atoms with Crippen LogP contribution < -0.4 is 0 Å². The molecule has 0 aromatic carbocycles. The van der Waals surface area contributed by atoms with E-state index < -0.39 is 0 Å². The van der Waals surface area contributed by atoms with Gasteiger partial charge in [0.2, 0.25) is 0 Å². The highest BCUT2D eigenvalue weighted by Crippen LogP contribution is 2.29. The maximum atomic E-state index is 2.62. The fourth-order valence-electron chi connectivity index (χ4n) is 2.93. The minimum Gasteiger partial charge on any atom is -0.303 e. The van der Waals surface area contributed by atoms with E-state index in [0.29, 0.717) is 0 Å². The van der Waals surface area contributed by atoms with Crippen LogP contribution in [0.4, 0.5) is 0 Å². The fraction of sp³-hybridized carbons (Fsp3) is 1.00. The predicted molar refractivity (Wildman–Crippen MR) is 72.7 cm³/mol. The van der Waals surface area contributed by atoms with Gasteiger partial charge in [-0.2, -0.15) is 0 Å². The van der Waals surface area contributed by atoms with Crippen molar-refractivity contribution >= 4 is 0 Å². The SMILES string of the molecule is CCC1CCC(N(C)CCCC(C)C)CC1. The lowest BCUT2D eigenvalue weighted by Crippen LogP contribution is -2.35. The summed E-state index contributed by atoms with van der Waals surface area (Å²) in [6.07, 6.45) is 9.97. The van der Waals surface area contributed by atoms with Gasteiger partial charge in [-0.1, -0.05) is 27.2 Å². The topological polar surface area (TPSA) is 3.24 Å². The first-order valence-corrected chi connectivity index (χ1v) is 7.33. The van der Waals surface area contributed by atoms with E-state index in [-0.39, 0.29) is 0 Å². The molecule has 1 heteroatoms. The molecule has 1 aliphatic carbocycles. The Kier molecular flexibility index (Phi) is 6.41. The second-order valence-corrected chi connectivity index (χ2v) is 6.10. The zero-order chi connectivity index (χ0) is 12.0. The van der Waals surface area contributed by atoms with Gasteiger partial charge in [-0.3, -0.25) is 0 Å². The third-order valence-electron chi connectivity index (χ3n) is 4.31. The highest BCUT2D eigenvalue weighted by atomic mass is 15.1. The van der Waals surface area contributed by atoms with Crippen LogP contribution in [0.3, 0.4) is 0 Å². The van der Waals surface area contributed by atoms with Crippen LogP contribution in [0.25, 0.3) is 0 Å². The zero-order valence-corrected chi connectivity index (χ0v) is 11.8. The molecule has 96 valence electrons. The first kappa shape index (κ1) is 14.0. The average Bonchev–Trinajstić information content (AvgIpc) is 2.28. The molecule has 0 aliphatic heterocycles. The summed E-state index contributed by atoms with van der Waals surface area (Å²) in [6.45, 7) is 8.30. The molecule has 1 fully saturated rings. The van der Waals surface area contributed by atoms with Gasteiger partial charge in [0.05, 0.1) is 0 Å². The first-order chi connectivity index (χ1) is 7.63. The predicted octanol–water partition coefficient (Wildman–Crippen LogP) is 4.32. The first-order valence-electron chi connectivity index (χ1n) is 7.33. The van der Waals surface area contributed by atoms with E-state index in [9.17, 15) is 0 Å². The molecule has 0 aromatic rings. The molecule has 0 amide bonds. The van der Waals surface area contributed by atoms with E-state index >= 15 is 0 Å². The third kappa shape index (κ3) is 4.86. The Morgan fingerprint density at radius 1 is 1.12 bits per heavy atom. The summed E-state index contributed by atoms with van der Waals surface area (Å²) < 4.78 is 0. The largest absolute Gasteiger partial charge is 0.303 e. The van der Waals surface area contributed by atoms with Crippen molar-refractivity contribution in [2.24, 2.45) is 11.8 Å². The van der Waals surface area contributed by atoms with Crippen LogP contribution in [0.5, 0.6) is 0 Å². The summed E-state index contributed by atoms with van der Waals surface area (Å²) in [4.78, 5) is 2.62. The highest BCUT2D eigenvalue weighted by Gasteiger charge is 2.22. The lowest BCUT2D eigenvalue weighted by molar-refractivity contribution is 0.160. The number of hydrogen-bond donors (Lipinski definition) is 0. The number of rotatable bonds is 6. The van der Waals surface area contributed by atoms with E-state index in [2.05, 4.69) is 32.7 Å². The molecule has 16 heavy (non-hydrogen) atoms. The number of hydrogen-bond acceptors (Lipinski definition) is 1. The fourth-order valence-corrected chi connectivity index (χ4v) is 2.93. The Bertz CT molecular complexity index is 168. The number of nitrogens with zero attached hydrogens (tertiary/aromatic N) is 1. The second kappa shape index (κ2) is 7.32. The van der Waals surface area contributed by atoms with Crippen LogP contribution in [0.2, 0.25) is 0 Å². The standard InChI is InChI=1S/C15H31N/c1-5-14-8-10-15(11-9-14)16(4)12-6-7-13(2)3/h13-15H,5-12H2,1-4H3. The molecule has 0 N–H and O–H groups in total. The second-order valence-electron chi connectivity index (χ2n) is 6.10. The lowest BCUT2D eigenvalue weighted by atomic mass is 9.84. The molecule has 1 nitrogen and oxygen atoms in total. The Hall–Kier alpha value is -0.0400. The molecule has 0 unspecified atom stereocenters. The van der Waals surface area contributed by atoms with Gasteiger partial charge in [0.15, 0.2) is 0 Å². The van der Waals surface area contributed by atoms with Crippen molar-refractivity contribution in [2.75, 3.05) is 13.6 Å². The summed E-state index contributed by atoms with van der Waals surface area (Å²) in [5.41, 5.74) is 0. The Labute approximate surface area is 103 Å². The molecule has 1 aliphatic rings. The molecule has 0 radical (unpaired) electrons. The Balaban J connectivity index is 2.15. The summed E-state index contributed by atoms with van der Waals surface area (Å²) in [6, 6.07) is 0.884. The smallest absolute Gasteiger partial charge is 0.00924 e. The van der Waals surface area contributed by atoms with Crippen molar-refractivity contribution in [3.8, 4) is 0 Å². The monoisotopic (exact) mass is 225 g/mol. The average molecular weight is 225 g/mol. The van der Waals surface area contributed by atoms with E-state index in [1.54, 1.807) is 0 Å². The molecule has 0 spiro atoms.